The van der Waals surface area contributed by atoms with Crippen molar-refractivity contribution in [2.75, 3.05) is 52.9 Å². The molecule has 0 unspecified atom stereocenters. The molecule has 6 nitrogen and oxygen atoms in total. The fraction of sp³-hybridized carbons (Fsp3) is 0.471. The summed E-state index contributed by atoms with van der Waals surface area (Å²) in [5.41, 5.74) is 0. The lowest BCUT2D eigenvalue weighted by atomic mass is 10.3. The Balaban J connectivity index is 1.93. The van der Waals surface area contributed by atoms with Crippen molar-refractivity contribution in [3.05, 3.63) is 38.2 Å². The summed E-state index contributed by atoms with van der Waals surface area (Å²) in [4.78, 5) is 10.8. The number of carbonyl (C=O) groups is 1. The van der Waals surface area contributed by atoms with Gasteiger partial charge in [0.25, 0.3) is 0 Å². The van der Waals surface area contributed by atoms with Crippen molar-refractivity contribution >= 4 is 53.8 Å². The third-order valence-electron chi connectivity index (χ3n) is 2.82. The summed E-state index contributed by atoms with van der Waals surface area (Å²) in [5.74, 6) is 0.287. The van der Waals surface area contributed by atoms with Gasteiger partial charge in [0.05, 0.1) is 48.6 Å². The van der Waals surface area contributed by atoms with Crippen LogP contribution in [0.3, 0.4) is 0 Å². The van der Waals surface area contributed by atoms with Crippen LogP contribution in [0, 0.1) is 0 Å². The van der Waals surface area contributed by atoms with E-state index >= 15 is 0 Å². The van der Waals surface area contributed by atoms with Crippen molar-refractivity contribution < 1.29 is 28.5 Å². The smallest absolute Gasteiger partial charge is 0.330 e. The second-order valence-corrected chi connectivity index (χ2v) is 7.38. The van der Waals surface area contributed by atoms with Gasteiger partial charge in [0.2, 0.25) is 0 Å². The molecule has 1 aromatic carbocycles. The van der Waals surface area contributed by atoms with E-state index in [9.17, 15) is 4.79 Å². The molecule has 0 heterocycles. The standard InChI is InChI=1S/C17H21Br3O6/c1-2-16(21)25-9-7-23-5-3-22-4-6-24-8-10-26-17-14(19)11-13(18)12-15(17)20/h2,11-12H,1,3-10H2. The molecule has 26 heavy (non-hydrogen) atoms. The Morgan fingerprint density at radius 1 is 0.846 bits per heavy atom. The van der Waals surface area contributed by atoms with Crippen LogP contribution in [0.15, 0.2) is 38.2 Å². The van der Waals surface area contributed by atoms with Gasteiger partial charge in [-0.2, -0.15) is 0 Å². The first-order chi connectivity index (χ1) is 12.5. The van der Waals surface area contributed by atoms with Gasteiger partial charge in [0.1, 0.15) is 19.0 Å². The van der Waals surface area contributed by atoms with E-state index in [-0.39, 0.29) is 6.61 Å². The minimum absolute atomic E-state index is 0.207. The third-order valence-corrected chi connectivity index (χ3v) is 4.46. The molecule has 0 saturated carbocycles. The molecule has 0 amide bonds. The van der Waals surface area contributed by atoms with E-state index in [2.05, 4.69) is 54.4 Å². The fourth-order valence-electron chi connectivity index (χ4n) is 1.67. The van der Waals surface area contributed by atoms with Gasteiger partial charge in [-0.1, -0.05) is 22.5 Å². The zero-order chi connectivity index (χ0) is 19.2. The largest absolute Gasteiger partial charge is 0.489 e. The molecule has 0 aliphatic carbocycles. The van der Waals surface area contributed by atoms with E-state index < -0.39 is 5.97 Å². The van der Waals surface area contributed by atoms with Crippen molar-refractivity contribution in [1.82, 2.24) is 0 Å². The lowest BCUT2D eigenvalue weighted by Crippen LogP contribution is -2.14. The van der Waals surface area contributed by atoms with Crippen molar-refractivity contribution in [3.63, 3.8) is 0 Å². The van der Waals surface area contributed by atoms with Crippen molar-refractivity contribution in [1.29, 1.82) is 0 Å². The highest BCUT2D eigenvalue weighted by atomic mass is 79.9. The van der Waals surface area contributed by atoms with E-state index in [0.717, 1.165) is 25.2 Å². The van der Waals surface area contributed by atoms with E-state index in [0.29, 0.717) is 46.2 Å². The van der Waals surface area contributed by atoms with Gasteiger partial charge in [-0.05, 0) is 44.0 Å². The molecule has 0 N–H and O–H groups in total. The maximum absolute atomic E-state index is 10.8. The first-order valence-corrected chi connectivity index (χ1v) is 10.2. The monoisotopic (exact) mass is 558 g/mol. The van der Waals surface area contributed by atoms with Crippen LogP contribution >= 0.6 is 47.8 Å². The van der Waals surface area contributed by atoms with Crippen molar-refractivity contribution in [2.24, 2.45) is 0 Å². The number of ether oxygens (including phenoxy) is 5. The molecule has 0 fully saturated rings. The first-order valence-electron chi connectivity index (χ1n) is 7.84. The summed E-state index contributed by atoms with van der Waals surface area (Å²) in [6.45, 7) is 6.57. The van der Waals surface area contributed by atoms with Crippen LogP contribution in [0.5, 0.6) is 5.75 Å². The maximum Gasteiger partial charge on any atom is 0.330 e. The Labute approximate surface area is 178 Å². The van der Waals surface area contributed by atoms with Gasteiger partial charge < -0.3 is 23.7 Å². The number of esters is 1. The molecule has 0 saturated heterocycles. The summed E-state index contributed by atoms with van der Waals surface area (Å²) in [5, 5.41) is 0. The molecule has 0 aromatic heterocycles. The number of hydrogen-bond donors (Lipinski definition) is 0. The third kappa shape index (κ3) is 10.6. The number of benzene rings is 1. The maximum atomic E-state index is 10.8. The summed E-state index contributed by atoms with van der Waals surface area (Å²) in [6.07, 6.45) is 1.12. The minimum atomic E-state index is -0.453. The zero-order valence-corrected chi connectivity index (χ0v) is 18.9. The highest BCUT2D eigenvalue weighted by molar-refractivity contribution is 9.11. The Kier molecular flexibility index (Phi) is 13.2. The van der Waals surface area contributed by atoms with Crippen LogP contribution < -0.4 is 4.74 Å². The molecule has 0 aliphatic rings. The second kappa shape index (κ2) is 14.6. The first kappa shape index (κ1) is 23.6. The topological polar surface area (TPSA) is 63.2 Å². The van der Waals surface area contributed by atoms with Crippen molar-refractivity contribution in [3.8, 4) is 5.75 Å². The highest BCUT2D eigenvalue weighted by Gasteiger charge is 2.07. The van der Waals surface area contributed by atoms with E-state index in [1.54, 1.807) is 0 Å². The van der Waals surface area contributed by atoms with E-state index in [1.165, 1.54) is 0 Å². The van der Waals surface area contributed by atoms with Crippen LogP contribution in [0.1, 0.15) is 0 Å². The SMILES string of the molecule is C=CC(=O)OCCOCCOCCOCCOc1c(Br)cc(Br)cc1Br. The summed E-state index contributed by atoms with van der Waals surface area (Å²) in [6, 6.07) is 3.83. The zero-order valence-electron chi connectivity index (χ0n) is 14.2. The van der Waals surface area contributed by atoms with Gasteiger partial charge >= 0.3 is 5.97 Å². The average molecular weight is 561 g/mol. The van der Waals surface area contributed by atoms with Crippen LogP contribution in [-0.2, 0) is 23.7 Å². The Bertz CT molecular complexity index is 544. The molecule has 0 bridgehead atoms. The molecule has 0 spiro atoms. The van der Waals surface area contributed by atoms with E-state index in [4.69, 9.17) is 23.7 Å². The van der Waals surface area contributed by atoms with Crippen LogP contribution in [0.2, 0.25) is 0 Å². The Morgan fingerprint density at radius 2 is 1.31 bits per heavy atom. The van der Waals surface area contributed by atoms with Crippen LogP contribution in [-0.4, -0.2) is 58.8 Å². The number of carbonyl (C=O) groups excluding carboxylic acids is 1. The molecule has 0 atom stereocenters. The average Bonchev–Trinajstić information content (AvgIpc) is 2.60. The summed E-state index contributed by atoms with van der Waals surface area (Å²) >= 11 is 10.3. The van der Waals surface area contributed by atoms with Gasteiger partial charge in [0.15, 0.2) is 0 Å². The molecular formula is C17H21Br3O6. The number of hydrogen-bond acceptors (Lipinski definition) is 6. The van der Waals surface area contributed by atoms with E-state index in [1.807, 2.05) is 12.1 Å². The van der Waals surface area contributed by atoms with Gasteiger partial charge in [-0.25, -0.2) is 4.79 Å². The normalized spacial score (nSPS) is 10.6. The molecular weight excluding hydrogens is 540 g/mol. The predicted molar refractivity (Wildman–Crippen MR) is 109 cm³/mol. The van der Waals surface area contributed by atoms with Gasteiger partial charge in [-0.3, -0.25) is 0 Å². The molecule has 1 rings (SSSR count). The fourth-order valence-corrected chi connectivity index (χ4v) is 4.16. The van der Waals surface area contributed by atoms with Crippen molar-refractivity contribution in [2.45, 2.75) is 0 Å². The highest BCUT2D eigenvalue weighted by Crippen LogP contribution is 2.36. The molecule has 0 radical (unpaired) electrons. The second-order valence-electron chi connectivity index (χ2n) is 4.76. The lowest BCUT2D eigenvalue weighted by molar-refractivity contribution is -0.139. The Morgan fingerprint density at radius 3 is 1.81 bits per heavy atom. The van der Waals surface area contributed by atoms with Crippen LogP contribution in [0.25, 0.3) is 0 Å². The van der Waals surface area contributed by atoms with Gasteiger partial charge in [0, 0.05) is 10.5 Å². The molecule has 146 valence electrons. The molecule has 0 aliphatic heterocycles. The molecule has 1 aromatic rings. The predicted octanol–water partition coefficient (Wildman–Crippen LogP) is 4.13. The van der Waals surface area contributed by atoms with Gasteiger partial charge in [-0.15, -0.1) is 0 Å². The minimum Gasteiger partial charge on any atom is -0.489 e. The Hall–Kier alpha value is -0.450. The summed E-state index contributed by atoms with van der Waals surface area (Å²) in [7, 11) is 0. The molecule has 9 heteroatoms. The lowest BCUT2D eigenvalue weighted by Gasteiger charge is -2.11. The number of rotatable bonds is 14. The summed E-state index contributed by atoms with van der Waals surface area (Å²) < 4.78 is 29.2. The quantitative estimate of drug-likeness (QED) is 0.194. The van der Waals surface area contributed by atoms with Crippen LogP contribution in [0.4, 0.5) is 0 Å². The number of halogens is 3.